The Morgan fingerprint density at radius 2 is 1.41 bits per heavy atom. The maximum Gasteiger partial charge on any atom is 0.254 e. The summed E-state index contributed by atoms with van der Waals surface area (Å²) in [7, 11) is 1.64. The Labute approximate surface area is 199 Å². The molecule has 0 aromatic heterocycles. The number of carbonyl (C=O) groups is 1. The summed E-state index contributed by atoms with van der Waals surface area (Å²) in [5.74, 6) is 2.19. The molecule has 4 aromatic rings. The van der Waals surface area contributed by atoms with Crippen LogP contribution in [0, 0.1) is 0 Å². The smallest absolute Gasteiger partial charge is 0.254 e. The average molecular weight is 452 g/mol. The third-order valence-electron chi connectivity index (χ3n) is 5.87. The summed E-state index contributed by atoms with van der Waals surface area (Å²) < 4.78 is 16.2. The number of ether oxygens (including phenoxy) is 3. The van der Waals surface area contributed by atoms with Crippen molar-refractivity contribution >= 4 is 5.91 Å². The van der Waals surface area contributed by atoms with Gasteiger partial charge in [0.15, 0.2) is 11.5 Å². The molecule has 1 amide bonds. The minimum atomic E-state index is -0.0342. The van der Waals surface area contributed by atoms with Crippen molar-refractivity contribution in [3.05, 3.63) is 114 Å². The first-order valence-corrected chi connectivity index (χ1v) is 11.2. The van der Waals surface area contributed by atoms with Gasteiger partial charge < -0.3 is 19.1 Å². The number of amides is 1. The van der Waals surface area contributed by atoms with Crippen molar-refractivity contribution in [3.8, 4) is 28.4 Å². The first kappa shape index (κ1) is 21.6. The Morgan fingerprint density at radius 1 is 0.765 bits per heavy atom. The van der Waals surface area contributed by atoms with Crippen molar-refractivity contribution in [1.29, 1.82) is 0 Å². The van der Waals surface area contributed by atoms with Crippen LogP contribution in [-0.4, -0.2) is 24.7 Å². The molecule has 0 bridgehead atoms. The predicted molar refractivity (Wildman–Crippen MR) is 131 cm³/mol. The van der Waals surface area contributed by atoms with Crippen LogP contribution in [0.4, 0.5) is 0 Å². The van der Waals surface area contributed by atoms with Crippen LogP contribution in [-0.2, 0) is 13.1 Å². The number of carbonyl (C=O) groups excluding carboxylic acids is 1. The fourth-order valence-electron chi connectivity index (χ4n) is 4.03. The molecular weight excluding hydrogens is 426 g/mol. The van der Waals surface area contributed by atoms with Crippen LogP contribution in [0.3, 0.4) is 0 Å². The summed E-state index contributed by atoms with van der Waals surface area (Å²) in [6.07, 6.45) is 0. The molecule has 0 fully saturated rings. The van der Waals surface area contributed by atoms with E-state index in [0.717, 1.165) is 33.8 Å². The van der Waals surface area contributed by atoms with E-state index < -0.39 is 0 Å². The predicted octanol–water partition coefficient (Wildman–Crippen LogP) is 5.93. The highest BCUT2D eigenvalue weighted by Gasteiger charge is 2.19. The second kappa shape index (κ2) is 9.71. The quantitative estimate of drug-likeness (QED) is 0.349. The number of methoxy groups -OCH3 is 1. The normalized spacial score (nSPS) is 11.8. The van der Waals surface area contributed by atoms with Crippen molar-refractivity contribution in [2.24, 2.45) is 0 Å². The van der Waals surface area contributed by atoms with Crippen LogP contribution in [0.25, 0.3) is 11.1 Å². The summed E-state index contributed by atoms with van der Waals surface area (Å²) in [5.41, 5.74) is 4.85. The first-order chi connectivity index (χ1) is 16.7. The fourth-order valence-corrected chi connectivity index (χ4v) is 4.03. The van der Waals surface area contributed by atoms with Crippen LogP contribution in [0.5, 0.6) is 17.2 Å². The van der Waals surface area contributed by atoms with Gasteiger partial charge in [0.05, 0.1) is 7.11 Å². The van der Waals surface area contributed by atoms with Crippen molar-refractivity contribution < 1.29 is 19.0 Å². The van der Waals surface area contributed by atoms with Gasteiger partial charge in [-0.15, -0.1) is 0 Å². The lowest BCUT2D eigenvalue weighted by Crippen LogP contribution is -2.30. The number of hydrogen-bond acceptors (Lipinski definition) is 4. The van der Waals surface area contributed by atoms with E-state index in [4.69, 9.17) is 14.2 Å². The van der Waals surface area contributed by atoms with Crippen LogP contribution in [0.1, 0.15) is 21.5 Å². The molecule has 0 aliphatic carbocycles. The molecule has 5 heteroatoms. The lowest BCUT2D eigenvalue weighted by atomic mass is 10.0. The highest BCUT2D eigenvalue weighted by molar-refractivity contribution is 5.94. The van der Waals surface area contributed by atoms with Gasteiger partial charge in [0.2, 0.25) is 6.79 Å². The van der Waals surface area contributed by atoms with Gasteiger partial charge in [-0.2, -0.15) is 0 Å². The molecule has 0 unspecified atom stereocenters. The number of nitrogens with zero attached hydrogens (tertiary/aromatic N) is 1. The zero-order valence-corrected chi connectivity index (χ0v) is 18.9. The molecule has 0 saturated carbocycles. The summed E-state index contributed by atoms with van der Waals surface area (Å²) >= 11 is 0. The molecule has 5 rings (SSSR count). The fraction of sp³-hybridized carbons (Fsp3) is 0.138. The van der Waals surface area contributed by atoms with E-state index in [2.05, 4.69) is 12.1 Å². The highest BCUT2D eigenvalue weighted by Crippen LogP contribution is 2.33. The van der Waals surface area contributed by atoms with E-state index in [1.165, 1.54) is 0 Å². The topological polar surface area (TPSA) is 48.0 Å². The average Bonchev–Trinajstić information content (AvgIpc) is 3.37. The van der Waals surface area contributed by atoms with E-state index >= 15 is 0 Å². The number of benzene rings is 4. The molecule has 0 radical (unpaired) electrons. The highest BCUT2D eigenvalue weighted by atomic mass is 16.7. The third-order valence-corrected chi connectivity index (χ3v) is 5.87. The molecule has 0 spiro atoms. The summed E-state index contributed by atoms with van der Waals surface area (Å²) in [4.78, 5) is 15.4. The van der Waals surface area contributed by atoms with Crippen molar-refractivity contribution in [2.75, 3.05) is 13.9 Å². The van der Waals surface area contributed by atoms with Crippen LogP contribution >= 0.6 is 0 Å². The first-order valence-electron chi connectivity index (χ1n) is 11.2. The molecule has 0 atom stereocenters. The second-order valence-corrected chi connectivity index (χ2v) is 8.14. The number of hydrogen-bond donors (Lipinski definition) is 0. The lowest BCUT2D eigenvalue weighted by molar-refractivity contribution is 0.0730. The summed E-state index contributed by atoms with van der Waals surface area (Å²) in [6, 6.07) is 31.5. The molecule has 5 nitrogen and oxygen atoms in total. The SMILES string of the molecule is COc1ccc(CN(Cc2ccc3c(c2)OCO3)C(=O)c2ccc(-c3ccccc3)cc2)cc1. The van der Waals surface area contributed by atoms with Crippen molar-refractivity contribution in [1.82, 2.24) is 4.90 Å². The van der Waals surface area contributed by atoms with Gasteiger partial charge >= 0.3 is 0 Å². The van der Waals surface area contributed by atoms with E-state index in [9.17, 15) is 4.79 Å². The molecule has 170 valence electrons. The zero-order valence-electron chi connectivity index (χ0n) is 18.9. The van der Waals surface area contributed by atoms with Crippen molar-refractivity contribution in [3.63, 3.8) is 0 Å². The van der Waals surface area contributed by atoms with Crippen LogP contribution in [0.2, 0.25) is 0 Å². The van der Waals surface area contributed by atoms with Gasteiger partial charge in [0.25, 0.3) is 5.91 Å². The molecule has 1 aliphatic heterocycles. The Balaban J connectivity index is 1.41. The molecule has 0 N–H and O–H groups in total. The lowest BCUT2D eigenvalue weighted by Gasteiger charge is -2.24. The van der Waals surface area contributed by atoms with E-state index in [1.54, 1.807) is 7.11 Å². The third kappa shape index (κ3) is 4.74. The van der Waals surface area contributed by atoms with Gasteiger partial charge in [0.1, 0.15) is 5.75 Å². The van der Waals surface area contributed by atoms with Gasteiger partial charge in [-0.3, -0.25) is 4.79 Å². The van der Waals surface area contributed by atoms with Gasteiger partial charge in [0, 0.05) is 18.7 Å². The van der Waals surface area contributed by atoms with Gasteiger partial charge in [-0.1, -0.05) is 60.7 Å². The Morgan fingerprint density at radius 3 is 2.15 bits per heavy atom. The molecule has 34 heavy (non-hydrogen) atoms. The Bertz CT molecular complexity index is 1270. The second-order valence-electron chi connectivity index (χ2n) is 8.14. The van der Waals surface area contributed by atoms with Crippen molar-refractivity contribution in [2.45, 2.75) is 13.1 Å². The molecule has 1 aliphatic rings. The molecule has 1 heterocycles. The van der Waals surface area contributed by atoms with Gasteiger partial charge in [-0.05, 0) is 58.7 Å². The standard InChI is InChI=1S/C29H25NO4/c1-32-26-14-7-21(8-15-26)18-30(19-22-9-16-27-28(17-22)34-20-33-27)29(31)25-12-10-24(11-13-25)23-5-3-2-4-6-23/h2-17H,18-20H2,1H3. The van der Waals surface area contributed by atoms with Gasteiger partial charge in [-0.25, -0.2) is 0 Å². The largest absolute Gasteiger partial charge is 0.497 e. The molecule has 0 saturated heterocycles. The van der Waals surface area contributed by atoms with Crippen LogP contribution < -0.4 is 14.2 Å². The summed E-state index contributed by atoms with van der Waals surface area (Å²) in [6.45, 7) is 1.14. The number of rotatable bonds is 7. The van der Waals surface area contributed by atoms with Crippen LogP contribution in [0.15, 0.2) is 97.1 Å². The number of fused-ring (bicyclic) bond motifs is 1. The van der Waals surface area contributed by atoms with E-state index in [0.29, 0.717) is 24.4 Å². The maximum atomic E-state index is 13.6. The van der Waals surface area contributed by atoms with E-state index in [-0.39, 0.29) is 12.7 Å². The summed E-state index contributed by atoms with van der Waals surface area (Å²) in [5, 5.41) is 0. The van der Waals surface area contributed by atoms with E-state index in [1.807, 2.05) is 89.8 Å². The Kier molecular flexibility index (Phi) is 6.17. The Hall–Kier alpha value is -4.25. The maximum absolute atomic E-state index is 13.6. The zero-order chi connectivity index (χ0) is 23.3. The monoisotopic (exact) mass is 451 g/mol. The molecular formula is C29H25NO4. The minimum Gasteiger partial charge on any atom is -0.497 e. The molecule has 4 aromatic carbocycles. The minimum absolute atomic E-state index is 0.0342.